The average Bonchev–Trinajstić information content (AvgIpc) is 2.73. The third-order valence-electron chi connectivity index (χ3n) is 6.02. The number of nitrogens with two attached hydrogens (primary N) is 1. The molecule has 0 unspecified atom stereocenters. The van der Waals surface area contributed by atoms with Gasteiger partial charge in [-0.3, -0.25) is 4.79 Å². The van der Waals surface area contributed by atoms with Crippen LogP contribution in [0.4, 0.5) is 5.95 Å². The quantitative estimate of drug-likeness (QED) is 0.628. The van der Waals surface area contributed by atoms with Gasteiger partial charge in [0.25, 0.3) is 5.91 Å². The van der Waals surface area contributed by atoms with E-state index in [1.54, 1.807) is 12.3 Å². The van der Waals surface area contributed by atoms with Gasteiger partial charge < -0.3 is 15.8 Å². The van der Waals surface area contributed by atoms with E-state index in [-0.39, 0.29) is 17.9 Å². The van der Waals surface area contributed by atoms with E-state index < -0.39 is 0 Å². The standard InChI is InChI=1S/C24H28N4O2/c1-15(2)16-6-8-18(9-7-16)27-23(29)21-5-3-4-17-14-19(10-11-20(17)21)30-22-12-13-26-24(25)28-22/h3-5,10-16,18H,6-9H2,1-2H3,(H,27,29)(H2,25,26,28). The van der Waals surface area contributed by atoms with Crippen molar-refractivity contribution in [3.63, 3.8) is 0 Å². The van der Waals surface area contributed by atoms with Crippen LogP contribution in [0.5, 0.6) is 11.6 Å². The molecule has 6 heteroatoms. The number of hydrogen-bond donors (Lipinski definition) is 2. The van der Waals surface area contributed by atoms with Crippen molar-refractivity contribution in [1.82, 2.24) is 15.3 Å². The van der Waals surface area contributed by atoms with Crippen LogP contribution in [0.15, 0.2) is 48.7 Å². The van der Waals surface area contributed by atoms with Gasteiger partial charge in [0.2, 0.25) is 11.8 Å². The summed E-state index contributed by atoms with van der Waals surface area (Å²) in [6.07, 6.45) is 6.04. The summed E-state index contributed by atoms with van der Waals surface area (Å²) in [4.78, 5) is 20.9. The highest BCUT2D eigenvalue weighted by Gasteiger charge is 2.24. The minimum absolute atomic E-state index is 0.00848. The van der Waals surface area contributed by atoms with Gasteiger partial charge in [-0.15, -0.1) is 0 Å². The third-order valence-corrected chi connectivity index (χ3v) is 6.02. The zero-order valence-electron chi connectivity index (χ0n) is 17.5. The molecule has 2 aromatic carbocycles. The number of nitrogen functional groups attached to an aromatic ring is 1. The van der Waals surface area contributed by atoms with E-state index in [0.29, 0.717) is 17.2 Å². The van der Waals surface area contributed by atoms with Gasteiger partial charge >= 0.3 is 0 Å². The monoisotopic (exact) mass is 404 g/mol. The molecule has 30 heavy (non-hydrogen) atoms. The number of carbonyl (C=O) groups is 1. The number of carbonyl (C=O) groups excluding carboxylic acids is 1. The molecule has 0 atom stereocenters. The van der Waals surface area contributed by atoms with Crippen LogP contribution in [0.3, 0.4) is 0 Å². The fraction of sp³-hybridized carbons (Fsp3) is 0.375. The van der Waals surface area contributed by atoms with Gasteiger partial charge in [-0.1, -0.05) is 26.0 Å². The normalized spacial score (nSPS) is 19.0. The molecular weight excluding hydrogens is 376 g/mol. The molecule has 1 aliphatic carbocycles. The minimum atomic E-state index is -0.00848. The molecule has 156 valence electrons. The van der Waals surface area contributed by atoms with Gasteiger partial charge in [0.1, 0.15) is 5.75 Å². The number of nitrogens with zero attached hydrogens (tertiary/aromatic N) is 2. The highest BCUT2D eigenvalue weighted by molar-refractivity contribution is 6.07. The number of fused-ring (bicyclic) bond motifs is 1. The zero-order chi connectivity index (χ0) is 21.1. The third kappa shape index (κ3) is 4.53. The van der Waals surface area contributed by atoms with Gasteiger partial charge in [0, 0.05) is 23.9 Å². The van der Waals surface area contributed by atoms with Crippen molar-refractivity contribution >= 4 is 22.6 Å². The van der Waals surface area contributed by atoms with Gasteiger partial charge in [-0.25, -0.2) is 4.98 Å². The molecule has 4 rings (SSSR count). The summed E-state index contributed by atoms with van der Waals surface area (Å²) >= 11 is 0. The topological polar surface area (TPSA) is 90.1 Å². The van der Waals surface area contributed by atoms with E-state index >= 15 is 0 Å². The van der Waals surface area contributed by atoms with Crippen LogP contribution in [-0.4, -0.2) is 21.9 Å². The molecule has 0 radical (unpaired) electrons. The molecule has 0 spiro atoms. The molecule has 1 saturated carbocycles. The summed E-state index contributed by atoms with van der Waals surface area (Å²) in [6.45, 7) is 4.58. The number of rotatable bonds is 5. The lowest BCUT2D eigenvalue weighted by Gasteiger charge is -2.31. The Morgan fingerprint density at radius 3 is 2.67 bits per heavy atom. The number of aromatic nitrogens is 2. The highest BCUT2D eigenvalue weighted by Crippen LogP contribution is 2.31. The number of hydrogen-bond acceptors (Lipinski definition) is 5. The number of nitrogens with one attached hydrogen (secondary N) is 1. The summed E-state index contributed by atoms with van der Waals surface area (Å²) in [7, 11) is 0. The zero-order valence-corrected chi connectivity index (χ0v) is 17.5. The Kier molecular flexibility index (Phi) is 5.84. The van der Waals surface area contributed by atoms with Crippen molar-refractivity contribution in [2.75, 3.05) is 5.73 Å². The van der Waals surface area contributed by atoms with Crippen molar-refractivity contribution in [1.29, 1.82) is 0 Å². The van der Waals surface area contributed by atoms with E-state index in [1.165, 1.54) is 12.8 Å². The lowest BCUT2D eigenvalue weighted by molar-refractivity contribution is 0.0919. The summed E-state index contributed by atoms with van der Waals surface area (Å²) in [5.74, 6) is 2.66. The van der Waals surface area contributed by atoms with Crippen LogP contribution in [0, 0.1) is 11.8 Å². The largest absolute Gasteiger partial charge is 0.439 e. The Balaban J connectivity index is 1.48. The number of amides is 1. The molecule has 6 nitrogen and oxygen atoms in total. The van der Waals surface area contributed by atoms with Crippen LogP contribution >= 0.6 is 0 Å². The fourth-order valence-electron chi connectivity index (χ4n) is 4.25. The van der Waals surface area contributed by atoms with Crippen molar-refractivity contribution < 1.29 is 9.53 Å². The van der Waals surface area contributed by atoms with Crippen LogP contribution in [0.1, 0.15) is 49.9 Å². The maximum Gasteiger partial charge on any atom is 0.252 e. The molecule has 3 aromatic rings. The van der Waals surface area contributed by atoms with E-state index in [0.717, 1.165) is 35.4 Å². The van der Waals surface area contributed by atoms with Crippen LogP contribution in [0.25, 0.3) is 10.8 Å². The second kappa shape index (κ2) is 8.69. The molecule has 1 fully saturated rings. The lowest BCUT2D eigenvalue weighted by Crippen LogP contribution is -2.38. The lowest BCUT2D eigenvalue weighted by atomic mass is 9.79. The van der Waals surface area contributed by atoms with Crippen molar-refractivity contribution in [3.8, 4) is 11.6 Å². The molecular formula is C24H28N4O2. The van der Waals surface area contributed by atoms with E-state index in [2.05, 4.69) is 29.1 Å². The minimum Gasteiger partial charge on any atom is -0.439 e. The second-order valence-electron chi connectivity index (χ2n) is 8.37. The Morgan fingerprint density at radius 2 is 1.93 bits per heavy atom. The van der Waals surface area contributed by atoms with Crippen molar-refractivity contribution in [2.24, 2.45) is 11.8 Å². The van der Waals surface area contributed by atoms with E-state index in [4.69, 9.17) is 10.5 Å². The summed E-state index contributed by atoms with van der Waals surface area (Å²) in [5.41, 5.74) is 6.30. The predicted octanol–water partition coefficient (Wildman–Crippen LogP) is 4.95. The molecule has 0 bridgehead atoms. The molecule has 0 aliphatic heterocycles. The maximum absolute atomic E-state index is 13.0. The number of benzene rings is 2. The summed E-state index contributed by atoms with van der Waals surface area (Å²) in [5, 5.41) is 5.09. The first-order valence-corrected chi connectivity index (χ1v) is 10.6. The first-order valence-electron chi connectivity index (χ1n) is 10.6. The SMILES string of the molecule is CC(C)C1CCC(NC(=O)c2cccc3cc(Oc4ccnc(N)n4)ccc23)CC1. The number of anilines is 1. The second-order valence-corrected chi connectivity index (χ2v) is 8.37. The van der Waals surface area contributed by atoms with Crippen LogP contribution < -0.4 is 15.8 Å². The molecule has 0 saturated heterocycles. The highest BCUT2D eigenvalue weighted by atomic mass is 16.5. The molecule has 1 amide bonds. The fourth-order valence-corrected chi connectivity index (χ4v) is 4.25. The summed E-state index contributed by atoms with van der Waals surface area (Å²) in [6, 6.07) is 13.3. The maximum atomic E-state index is 13.0. The van der Waals surface area contributed by atoms with Gasteiger partial charge in [0.15, 0.2) is 0 Å². The Labute approximate surface area is 176 Å². The van der Waals surface area contributed by atoms with Crippen LogP contribution in [-0.2, 0) is 0 Å². The van der Waals surface area contributed by atoms with E-state index in [9.17, 15) is 4.79 Å². The smallest absolute Gasteiger partial charge is 0.252 e. The Bertz CT molecular complexity index is 1040. The van der Waals surface area contributed by atoms with Gasteiger partial charge in [-0.05, 0) is 72.6 Å². The molecule has 1 aromatic heterocycles. The van der Waals surface area contributed by atoms with Crippen molar-refractivity contribution in [2.45, 2.75) is 45.6 Å². The number of ether oxygens (including phenoxy) is 1. The Morgan fingerprint density at radius 1 is 1.13 bits per heavy atom. The Hall–Kier alpha value is -3.15. The first-order chi connectivity index (χ1) is 14.5. The summed E-state index contributed by atoms with van der Waals surface area (Å²) < 4.78 is 5.79. The first kappa shape index (κ1) is 20.1. The predicted molar refractivity (Wildman–Crippen MR) is 119 cm³/mol. The average molecular weight is 405 g/mol. The van der Waals surface area contributed by atoms with Crippen molar-refractivity contribution in [3.05, 3.63) is 54.2 Å². The molecule has 3 N–H and O–H groups in total. The van der Waals surface area contributed by atoms with E-state index in [1.807, 2.05) is 36.4 Å². The molecule has 1 aliphatic rings. The molecule has 1 heterocycles. The van der Waals surface area contributed by atoms with Crippen LogP contribution in [0.2, 0.25) is 0 Å². The van der Waals surface area contributed by atoms with Gasteiger partial charge in [-0.2, -0.15) is 4.98 Å². The van der Waals surface area contributed by atoms with Gasteiger partial charge in [0.05, 0.1) is 0 Å².